The summed E-state index contributed by atoms with van der Waals surface area (Å²) in [5.74, 6) is 1.39. The normalized spacial score (nSPS) is 20.9. The molecule has 146 valence electrons. The van der Waals surface area contributed by atoms with Gasteiger partial charge in [0.15, 0.2) is 0 Å². The Balaban J connectivity index is 1.81. The SMILES string of the molecule is CC(C)C1CCC(N(CCc2ccccc2)S(=O)(=O)c2ccccc2)CC1. The summed E-state index contributed by atoms with van der Waals surface area (Å²) in [5, 5.41) is 0. The van der Waals surface area contributed by atoms with Crippen molar-refractivity contribution in [1.82, 2.24) is 4.31 Å². The molecule has 4 heteroatoms. The quantitative estimate of drug-likeness (QED) is 0.662. The first-order valence-corrected chi connectivity index (χ1v) is 11.5. The zero-order valence-corrected chi connectivity index (χ0v) is 17.2. The van der Waals surface area contributed by atoms with Gasteiger partial charge in [0.05, 0.1) is 4.90 Å². The van der Waals surface area contributed by atoms with Gasteiger partial charge in [0.1, 0.15) is 0 Å². The average molecular weight is 386 g/mol. The number of sulfonamides is 1. The molecule has 27 heavy (non-hydrogen) atoms. The lowest BCUT2D eigenvalue weighted by molar-refractivity contribution is 0.187. The second-order valence-electron chi connectivity index (χ2n) is 7.98. The molecule has 0 bridgehead atoms. The fourth-order valence-electron chi connectivity index (χ4n) is 4.17. The molecule has 2 aromatic carbocycles. The van der Waals surface area contributed by atoms with Crippen molar-refractivity contribution in [3.05, 3.63) is 66.2 Å². The standard InChI is InChI=1S/C23H31NO2S/c1-19(2)21-13-15-22(16-14-21)24(18-17-20-9-5-3-6-10-20)27(25,26)23-11-7-4-8-12-23/h3-12,19,21-22H,13-18H2,1-2H3. The summed E-state index contributed by atoms with van der Waals surface area (Å²) in [6.45, 7) is 5.09. The van der Waals surface area contributed by atoms with Crippen molar-refractivity contribution < 1.29 is 8.42 Å². The third-order valence-electron chi connectivity index (χ3n) is 5.90. The van der Waals surface area contributed by atoms with Gasteiger partial charge in [0.2, 0.25) is 10.0 Å². The molecule has 3 nitrogen and oxygen atoms in total. The lowest BCUT2D eigenvalue weighted by atomic mass is 9.79. The van der Waals surface area contributed by atoms with E-state index in [1.165, 1.54) is 5.56 Å². The summed E-state index contributed by atoms with van der Waals surface area (Å²) in [4.78, 5) is 0.407. The zero-order valence-electron chi connectivity index (χ0n) is 16.4. The lowest BCUT2D eigenvalue weighted by Gasteiger charge is -2.37. The Hall–Kier alpha value is -1.65. The van der Waals surface area contributed by atoms with E-state index in [1.54, 1.807) is 28.6 Å². The molecule has 1 saturated carbocycles. The summed E-state index contributed by atoms with van der Waals surface area (Å²) in [7, 11) is -3.48. The molecule has 1 aliphatic carbocycles. The molecule has 0 aromatic heterocycles. The van der Waals surface area contributed by atoms with Gasteiger partial charge >= 0.3 is 0 Å². The van der Waals surface area contributed by atoms with Gasteiger partial charge in [-0.15, -0.1) is 0 Å². The minimum Gasteiger partial charge on any atom is -0.207 e. The van der Waals surface area contributed by atoms with Crippen molar-refractivity contribution in [3.63, 3.8) is 0 Å². The summed E-state index contributed by atoms with van der Waals surface area (Å²) in [6, 6.07) is 19.2. The van der Waals surface area contributed by atoms with Crippen LogP contribution in [0.4, 0.5) is 0 Å². The maximum absolute atomic E-state index is 13.4. The summed E-state index contributed by atoms with van der Waals surface area (Å²) >= 11 is 0. The van der Waals surface area contributed by atoms with Gasteiger partial charge in [0, 0.05) is 12.6 Å². The van der Waals surface area contributed by atoms with Crippen molar-refractivity contribution in [2.75, 3.05) is 6.54 Å². The molecule has 1 fully saturated rings. The van der Waals surface area contributed by atoms with E-state index < -0.39 is 10.0 Å². The van der Waals surface area contributed by atoms with Crippen molar-refractivity contribution in [3.8, 4) is 0 Å². The van der Waals surface area contributed by atoms with Crippen LogP contribution in [-0.4, -0.2) is 25.3 Å². The molecule has 0 atom stereocenters. The van der Waals surface area contributed by atoms with Gasteiger partial charge in [-0.2, -0.15) is 4.31 Å². The molecule has 0 saturated heterocycles. The topological polar surface area (TPSA) is 37.4 Å². The van der Waals surface area contributed by atoms with Crippen LogP contribution in [0, 0.1) is 11.8 Å². The summed E-state index contributed by atoms with van der Waals surface area (Å²) < 4.78 is 28.6. The number of hydrogen-bond acceptors (Lipinski definition) is 2. The maximum atomic E-state index is 13.4. The third-order valence-corrected chi connectivity index (χ3v) is 7.87. The van der Waals surface area contributed by atoms with E-state index in [0.717, 1.165) is 38.0 Å². The second-order valence-corrected chi connectivity index (χ2v) is 9.87. The summed E-state index contributed by atoms with van der Waals surface area (Å²) in [6.07, 6.45) is 4.91. The van der Waals surface area contributed by atoms with Crippen molar-refractivity contribution in [2.45, 2.75) is 56.9 Å². The Bertz CT molecular complexity index is 795. The molecule has 0 unspecified atom stereocenters. The minimum absolute atomic E-state index is 0.105. The third kappa shape index (κ3) is 4.99. The molecule has 0 N–H and O–H groups in total. The van der Waals surface area contributed by atoms with E-state index in [-0.39, 0.29) is 6.04 Å². The molecule has 0 spiro atoms. The fraction of sp³-hybridized carbons (Fsp3) is 0.478. The van der Waals surface area contributed by atoms with Gasteiger partial charge < -0.3 is 0 Å². The predicted molar refractivity (Wildman–Crippen MR) is 111 cm³/mol. The van der Waals surface area contributed by atoms with E-state index in [2.05, 4.69) is 26.0 Å². The molecule has 0 aliphatic heterocycles. The summed E-state index contributed by atoms with van der Waals surface area (Å²) in [5.41, 5.74) is 1.18. The Morgan fingerprint density at radius 3 is 2.00 bits per heavy atom. The van der Waals surface area contributed by atoms with Gasteiger partial charge in [0.25, 0.3) is 0 Å². The van der Waals surface area contributed by atoms with Crippen LogP contribution in [0.2, 0.25) is 0 Å². The fourth-order valence-corrected chi connectivity index (χ4v) is 5.87. The van der Waals surface area contributed by atoms with Gasteiger partial charge in [-0.1, -0.05) is 62.4 Å². The Morgan fingerprint density at radius 1 is 0.889 bits per heavy atom. The molecular weight excluding hydrogens is 354 g/mol. The first-order chi connectivity index (χ1) is 13.0. The zero-order chi connectivity index (χ0) is 19.3. The van der Waals surface area contributed by atoms with Crippen LogP contribution in [-0.2, 0) is 16.4 Å². The first kappa shape index (κ1) is 20.1. The Kier molecular flexibility index (Phi) is 6.72. The highest BCUT2D eigenvalue weighted by Gasteiger charge is 2.34. The number of rotatable bonds is 7. The monoisotopic (exact) mass is 385 g/mol. The molecule has 3 rings (SSSR count). The van der Waals surface area contributed by atoms with E-state index in [0.29, 0.717) is 17.4 Å². The number of hydrogen-bond donors (Lipinski definition) is 0. The van der Waals surface area contributed by atoms with E-state index in [1.807, 2.05) is 24.3 Å². The second kappa shape index (κ2) is 9.03. The van der Waals surface area contributed by atoms with Crippen molar-refractivity contribution in [1.29, 1.82) is 0 Å². The highest BCUT2D eigenvalue weighted by Crippen LogP contribution is 2.34. The first-order valence-electron chi connectivity index (χ1n) is 10.1. The predicted octanol–water partition coefficient (Wildman–Crippen LogP) is 5.13. The number of benzene rings is 2. The van der Waals surface area contributed by atoms with Crippen LogP contribution >= 0.6 is 0 Å². The van der Waals surface area contributed by atoms with E-state index >= 15 is 0 Å². The van der Waals surface area contributed by atoms with Crippen LogP contribution in [0.15, 0.2) is 65.6 Å². The van der Waals surface area contributed by atoms with Crippen LogP contribution in [0.1, 0.15) is 45.1 Å². The van der Waals surface area contributed by atoms with E-state index in [9.17, 15) is 8.42 Å². The molecular formula is C23H31NO2S. The van der Waals surface area contributed by atoms with Crippen LogP contribution in [0.3, 0.4) is 0 Å². The van der Waals surface area contributed by atoms with E-state index in [4.69, 9.17) is 0 Å². The molecule has 0 heterocycles. The Labute approximate surface area is 164 Å². The highest BCUT2D eigenvalue weighted by molar-refractivity contribution is 7.89. The van der Waals surface area contributed by atoms with Crippen LogP contribution in [0.5, 0.6) is 0 Å². The molecule has 1 aliphatic rings. The lowest BCUT2D eigenvalue weighted by Crippen LogP contribution is -2.43. The number of nitrogens with zero attached hydrogens (tertiary/aromatic N) is 1. The van der Waals surface area contributed by atoms with Crippen molar-refractivity contribution in [2.24, 2.45) is 11.8 Å². The largest absolute Gasteiger partial charge is 0.243 e. The van der Waals surface area contributed by atoms with Crippen LogP contribution < -0.4 is 0 Å². The smallest absolute Gasteiger partial charge is 0.207 e. The van der Waals surface area contributed by atoms with Gasteiger partial charge in [-0.25, -0.2) is 8.42 Å². The van der Waals surface area contributed by atoms with Gasteiger partial charge in [-0.3, -0.25) is 0 Å². The highest BCUT2D eigenvalue weighted by atomic mass is 32.2. The molecule has 0 radical (unpaired) electrons. The van der Waals surface area contributed by atoms with Crippen molar-refractivity contribution >= 4 is 10.0 Å². The minimum atomic E-state index is -3.48. The molecule has 0 amide bonds. The average Bonchev–Trinajstić information content (AvgIpc) is 2.70. The van der Waals surface area contributed by atoms with Gasteiger partial charge in [-0.05, 0) is 61.6 Å². The molecule has 2 aromatic rings. The maximum Gasteiger partial charge on any atom is 0.243 e. The Morgan fingerprint density at radius 2 is 1.44 bits per heavy atom. The van der Waals surface area contributed by atoms with Crippen LogP contribution in [0.25, 0.3) is 0 Å².